The third-order valence-corrected chi connectivity index (χ3v) is 3.77. The summed E-state index contributed by atoms with van der Waals surface area (Å²) in [5.74, 6) is -5.31. The Morgan fingerprint density at radius 2 is 1.62 bits per heavy atom. The predicted octanol–water partition coefficient (Wildman–Crippen LogP) is 4.10. The Bertz CT molecular complexity index is 833. The number of benzene rings is 2. The molecule has 0 atom stereocenters. The largest absolute Gasteiger partial charge is 0.323 e. The van der Waals surface area contributed by atoms with Crippen LogP contribution in [0.15, 0.2) is 30.3 Å². The number of nitrogens with one attached hydrogen (secondary N) is 1. The van der Waals surface area contributed by atoms with Crippen LogP contribution in [0.3, 0.4) is 0 Å². The maximum Gasteiger partial charge on any atom is 0.226 e. The number of hydrogen-bond acceptors (Lipinski definition) is 2. The first-order chi connectivity index (χ1) is 12.2. The van der Waals surface area contributed by atoms with E-state index in [9.17, 15) is 22.8 Å². The normalized spacial score (nSPS) is 10.5. The lowest BCUT2D eigenvalue weighted by Crippen LogP contribution is -2.32. The minimum absolute atomic E-state index is 0.0648. The van der Waals surface area contributed by atoms with Gasteiger partial charge in [-0.1, -0.05) is 6.07 Å². The Labute approximate surface area is 149 Å². The maximum absolute atomic E-state index is 13.6. The van der Waals surface area contributed by atoms with E-state index in [0.29, 0.717) is 5.69 Å². The number of halogens is 3. The zero-order valence-electron chi connectivity index (χ0n) is 14.7. The van der Waals surface area contributed by atoms with E-state index in [0.717, 1.165) is 23.3 Å². The number of aryl methyl sites for hydroxylation is 2. The summed E-state index contributed by atoms with van der Waals surface area (Å²) in [5.41, 5.74) is 2.15. The lowest BCUT2D eigenvalue weighted by atomic mass is 10.1. The van der Waals surface area contributed by atoms with E-state index in [-0.39, 0.29) is 18.9 Å². The summed E-state index contributed by atoms with van der Waals surface area (Å²) in [7, 11) is 0. The van der Waals surface area contributed by atoms with Crippen LogP contribution >= 0.6 is 0 Å². The van der Waals surface area contributed by atoms with Crippen molar-refractivity contribution in [1.29, 1.82) is 0 Å². The number of carbonyl (C=O) groups excluding carboxylic acids is 2. The number of amides is 2. The summed E-state index contributed by atoms with van der Waals surface area (Å²) in [6.45, 7) is 5.24. The SMILES string of the molecule is CC(=O)N(CCC(=O)Nc1ccc(F)c(F)c1F)c1cc(C)cc(C)c1. The van der Waals surface area contributed by atoms with Crippen LogP contribution in [0, 0.1) is 31.3 Å². The van der Waals surface area contributed by atoms with E-state index in [1.54, 1.807) is 0 Å². The van der Waals surface area contributed by atoms with E-state index in [2.05, 4.69) is 5.32 Å². The van der Waals surface area contributed by atoms with Crippen molar-refractivity contribution >= 4 is 23.2 Å². The first-order valence-corrected chi connectivity index (χ1v) is 7.98. The second-order valence-corrected chi connectivity index (χ2v) is 6.04. The van der Waals surface area contributed by atoms with Crippen molar-refractivity contribution in [2.24, 2.45) is 0 Å². The number of carbonyl (C=O) groups is 2. The van der Waals surface area contributed by atoms with Crippen molar-refractivity contribution in [3.05, 3.63) is 58.9 Å². The van der Waals surface area contributed by atoms with Gasteiger partial charge in [-0.3, -0.25) is 9.59 Å². The Morgan fingerprint density at radius 3 is 2.19 bits per heavy atom. The van der Waals surface area contributed by atoms with E-state index in [1.165, 1.54) is 11.8 Å². The van der Waals surface area contributed by atoms with Gasteiger partial charge >= 0.3 is 0 Å². The Kier molecular flexibility index (Phi) is 6.02. The van der Waals surface area contributed by atoms with Crippen LogP contribution in [0.2, 0.25) is 0 Å². The summed E-state index contributed by atoms with van der Waals surface area (Å²) < 4.78 is 39.7. The second kappa shape index (κ2) is 8.03. The molecule has 0 aromatic heterocycles. The number of nitrogens with zero attached hydrogens (tertiary/aromatic N) is 1. The first-order valence-electron chi connectivity index (χ1n) is 7.98. The van der Waals surface area contributed by atoms with Crippen LogP contribution in [0.4, 0.5) is 24.5 Å². The zero-order chi connectivity index (χ0) is 19.4. The molecule has 0 saturated carbocycles. The molecule has 0 aliphatic carbocycles. The van der Waals surface area contributed by atoms with Crippen LogP contribution in [-0.4, -0.2) is 18.4 Å². The fourth-order valence-corrected chi connectivity index (χ4v) is 2.62. The van der Waals surface area contributed by atoms with Gasteiger partial charge in [0.1, 0.15) is 0 Å². The third-order valence-electron chi connectivity index (χ3n) is 3.77. The van der Waals surface area contributed by atoms with Gasteiger partial charge in [0.25, 0.3) is 0 Å². The lowest BCUT2D eigenvalue weighted by Gasteiger charge is -2.22. The summed E-state index contributed by atoms with van der Waals surface area (Å²) in [5, 5.41) is 2.19. The van der Waals surface area contributed by atoms with Crippen molar-refractivity contribution in [2.45, 2.75) is 27.2 Å². The molecule has 0 radical (unpaired) electrons. The van der Waals surface area contributed by atoms with Gasteiger partial charge in [0.2, 0.25) is 11.8 Å². The quantitative estimate of drug-likeness (QED) is 0.812. The molecule has 0 saturated heterocycles. The molecule has 26 heavy (non-hydrogen) atoms. The van der Waals surface area contributed by atoms with Gasteiger partial charge < -0.3 is 10.2 Å². The molecule has 138 valence electrons. The molecular formula is C19H19F3N2O2. The van der Waals surface area contributed by atoms with Crippen LogP contribution in [-0.2, 0) is 9.59 Å². The van der Waals surface area contributed by atoms with Crippen molar-refractivity contribution in [3.63, 3.8) is 0 Å². The molecule has 0 heterocycles. The fraction of sp³-hybridized carbons (Fsp3) is 0.263. The molecule has 2 aromatic rings. The molecule has 4 nitrogen and oxygen atoms in total. The van der Waals surface area contributed by atoms with Gasteiger partial charge in [0.15, 0.2) is 17.5 Å². The fourth-order valence-electron chi connectivity index (χ4n) is 2.62. The lowest BCUT2D eigenvalue weighted by molar-refractivity contribution is -0.117. The molecule has 1 N–H and O–H groups in total. The highest BCUT2D eigenvalue weighted by molar-refractivity contribution is 5.95. The number of rotatable bonds is 5. The molecule has 0 spiro atoms. The van der Waals surface area contributed by atoms with Gasteiger partial charge in [0, 0.05) is 25.6 Å². The highest BCUT2D eigenvalue weighted by Gasteiger charge is 2.17. The summed E-state index contributed by atoms with van der Waals surface area (Å²) in [4.78, 5) is 25.4. The molecule has 0 fully saturated rings. The average Bonchev–Trinajstić information content (AvgIpc) is 2.54. The molecule has 0 unspecified atom stereocenters. The summed E-state index contributed by atoms with van der Waals surface area (Å²) in [6.07, 6.45) is -0.134. The molecular weight excluding hydrogens is 345 g/mol. The monoisotopic (exact) mass is 364 g/mol. The molecule has 2 rings (SSSR count). The minimum Gasteiger partial charge on any atom is -0.323 e. The van der Waals surface area contributed by atoms with E-state index in [1.807, 2.05) is 32.0 Å². The van der Waals surface area contributed by atoms with E-state index < -0.39 is 29.0 Å². The van der Waals surface area contributed by atoms with Crippen molar-refractivity contribution in [2.75, 3.05) is 16.8 Å². The predicted molar refractivity (Wildman–Crippen MR) is 93.5 cm³/mol. The Balaban J connectivity index is 2.08. The van der Waals surface area contributed by atoms with Crippen LogP contribution < -0.4 is 10.2 Å². The topological polar surface area (TPSA) is 49.4 Å². The maximum atomic E-state index is 13.6. The first kappa shape index (κ1) is 19.5. The highest BCUT2D eigenvalue weighted by atomic mass is 19.2. The summed E-state index contributed by atoms with van der Waals surface area (Å²) in [6, 6.07) is 7.27. The number of anilines is 2. The van der Waals surface area contributed by atoms with Gasteiger partial charge in [-0.2, -0.15) is 0 Å². The molecule has 0 aliphatic rings. The Hall–Kier alpha value is -2.83. The van der Waals surface area contributed by atoms with Crippen LogP contribution in [0.25, 0.3) is 0 Å². The number of hydrogen-bond donors (Lipinski definition) is 1. The molecule has 2 aromatic carbocycles. The summed E-state index contributed by atoms with van der Waals surface area (Å²) >= 11 is 0. The molecule has 2 amide bonds. The average molecular weight is 364 g/mol. The van der Waals surface area contributed by atoms with Gasteiger partial charge in [-0.05, 0) is 49.2 Å². The second-order valence-electron chi connectivity index (χ2n) is 6.04. The van der Waals surface area contributed by atoms with Gasteiger partial charge in [-0.25, -0.2) is 13.2 Å². The molecule has 0 bridgehead atoms. The van der Waals surface area contributed by atoms with E-state index in [4.69, 9.17) is 0 Å². The minimum atomic E-state index is -1.65. The van der Waals surface area contributed by atoms with Crippen LogP contribution in [0.5, 0.6) is 0 Å². The van der Waals surface area contributed by atoms with Crippen molar-refractivity contribution in [1.82, 2.24) is 0 Å². The van der Waals surface area contributed by atoms with E-state index >= 15 is 0 Å². The molecule has 0 aliphatic heterocycles. The van der Waals surface area contributed by atoms with Crippen molar-refractivity contribution in [3.8, 4) is 0 Å². The van der Waals surface area contributed by atoms with Gasteiger partial charge in [-0.15, -0.1) is 0 Å². The molecule has 7 heteroatoms. The van der Waals surface area contributed by atoms with Gasteiger partial charge in [0.05, 0.1) is 5.69 Å². The van der Waals surface area contributed by atoms with Crippen molar-refractivity contribution < 1.29 is 22.8 Å². The third kappa shape index (κ3) is 4.62. The smallest absolute Gasteiger partial charge is 0.226 e. The van der Waals surface area contributed by atoms with Crippen LogP contribution in [0.1, 0.15) is 24.5 Å². The highest BCUT2D eigenvalue weighted by Crippen LogP contribution is 2.21. The Morgan fingerprint density at radius 1 is 1.00 bits per heavy atom. The zero-order valence-corrected chi connectivity index (χ0v) is 14.7. The standard InChI is InChI=1S/C19H19F3N2O2/c1-11-8-12(2)10-14(9-11)24(13(3)25)7-6-17(26)23-16-5-4-15(20)18(21)19(16)22/h4-5,8-10H,6-7H2,1-3H3,(H,23,26).